The topological polar surface area (TPSA) is 79.4 Å². The summed E-state index contributed by atoms with van der Waals surface area (Å²) in [4.78, 5) is 16.8. The fourth-order valence-electron chi connectivity index (χ4n) is 4.37. The van der Waals surface area contributed by atoms with Gasteiger partial charge in [-0.1, -0.05) is 11.6 Å². The number of likely N-dealkylation sites (tertiary alicyclic amines) is 2. The van der Waals surface area contributed by atoms with Crippen LogP contribution >= 0.6 is 11.6 Å². The lowest BCUT2D eigenvalue weighted by Crippen LogP contribution is -2.48. The van der Waals surface area contributed by atoms with Crippen LogP contribution in [-0.2, 0) is 19.6 Å². The molecule has 1 spiro atoms. The van der Waals surface area contributed by atoms with Crippen LogP contribution in [0.15, 0.2) is 23.1 Å². The average Bonchev–Trinajstić information content (AvgIpc) is 2.78. The second kappa shape index (κ2) is 10.7. The van der Waals surface area contributed by atoms with Crippen molar-refractivity contribution in [2.75, 3.05) is 67.1 Å². The maximum Gasteiger partial charge on any atom is 0.248 e. The van der Waals surface area contributed by atoms with E-state index in [0.29, 0.717) is 11.2 Å². The van der Waals surface area contributed by atoms with Gasteiger partial charge in [0.2, 0.25) is 15.9 Å². The molecule has 0 aliphatic carbocycles. The van der Waals surface area contributed by atoms with Crippen LogP contribution < -0.4 is 4.74 Å². The molecule has 0 unspecified atom stereocenters. The molecule has 0 bridgehead atoms. The molecule has 0 radical (unpaired) electrons. The summed E-state index contributed by atoms with van der Waals surface area (Å²) >= 11 is 6.12. The number of hydrogen-bond acceptors (Lipinski definition) is 6. The monoisotopic (exact) mass is 487 g/mol. The molecule has 1 aromatic rings. The van der Waals surface area contributed by atoms with Crippen LogP contribution in [0.3, 0.4) is 0 Å². The van der Waals surface area contributed by atoms with Gasteiger partial charge in [0, 0.05) is 32.7 Å². The second-order valence-corrected chi connectivity index (χ2v) is 11.3. The number of likely N-dealkylation sites (N-methyl/N-ethyl adjacent to an activating group) is 1. The molecule has 2 heterocycles. The number of carbonyl (C=O) groups is 1. The van der Waals surface area contributed by atoms with Gasteiger partial charge >= 0.3 is 0 Å². The Morgan fingerprint density at radius 1 is 1.16 bits per heavy atom. The van der Waals surface area contributed by atoms with Crippen LogP contribution in [0.2, 0.25) is 5.02 Å². The molecule has 2 fully saturated rings. The van der Waals surface area contributed by atoms with Crippen molar-refractivity contribution in [2.45, 2.75) is 30.6 Å². The van der Waals surface area contributed by atoms with Gasteiger partial charge in [-0.15, -0.1) is 0 Å². The molecule has 2 saturated heterocycles. The molecule has 3 rings (SSSR count). The normalized spacial score (nSPS) is 19.5. The predicted molar refractivity (Wildman–Crippen MR) is 124 cm³/mol. The Hall–Kier alpha value is -1.39. The molecule has 10 heteroatoms. The zero-order chi connectivity index (χ0) is 23.4. The average molecular weight is 488 g/mol. The molecule has 8 nitrogen and oxygen atoms in total. The summed E-state index contributed by atoms with van der Waals surface area (Å²) in [6.07, 6.45) is 4.52. The summed E-state index contributed by atoms with van der Waals surface area (Å²) in [5, 5.41) is 0.0970. The maximum atomic E-state index is 12.8. The van der Waals surface area contributed by atoms with E-state index >= 15 is 0 Å². The lowest BCUT2D eigenvalue weighted by Gasteiger charge is -2.46. The van der Waals surface area contributed by atoms with Gasteiger partial charge < -0.3 is 19.3 Å². The van der Waals surface area contributed by atoms with E-state index in [4.69, 9.17) is 21.1 Å². The number of rotatable bonds is 8. The molecule has 0 atom stereocenters. The van der Waals surface area contributed by atoms with Crippen molar-refractivity contribution in [3.63, 3.8) is 0 Å². The maximum absolute atomic E-state index is 12.8. The number of carbonyl (C=O) groups excluding carboxylic acids is 1. The van der Waals surface area contributed by atoms with Crippen LogP contribution in [0.5, 0.6) is 5.75 Å². The first kappa shape index (κ1) is 25.2. The van der Waals surface area contributed by atoms with Crippen molar-refractivity contribution in [2.24, 2.45) is 5.41 Å². The highest BCUT2D eigenvalue weighted by atomic mass is 35.5. The third kappa shape index (κ3) is 5.94. The van der Waals surface area contributed by atoms with E-state index in [1.807, 2.05) is 4.90 Å². The molecular weight excluding hydrogens is 454 g/mol. The molecule has 1 aromatic carbocycles. The minimum absolute atomic E-state index is 0.00898. The summed E-state index contributed by atoms with van der Waals surface area (Å²) in [5.41, 5.74) is 0.393. The number of sulfonamides is 1. The summed E-state index contributed by atoms with van der Waals surface area (Å²) < 4.78 is 37.3. The first-order valence-electron chi connectivity index (χ1n) is 11.0. The van der Waals surface area contributed by atoms with Crippen molar-refractivity contribution in [1.82, 2.24) is 14.1 Å². The third-order valence-corrected chi connectivity index (χ3v) is 9.17. The van der Waals surface area contributed by atoms with Crippen LogP contribution in [-0.4, -0.2) is 95.6 Å². The molecule has 2 aliphatic heterocycles. The number of hydrogen-bond donors (Lipinski definition) is 0. The highest BCUT2D eigenvalue weighted by molar-refractivity contribution is 7.89. The minimum Gasteiger partial charge on any atom is -0.497 e. The van der Waals surface area contributed by atoms with E-state index in [2.05, 4.69) is 11.9 Å². The van der Waals surface area contributed by atoms with Crippen LogP contribution in [0.1, 0.15) is 25.7 Å². The van der Waals surface area contributed by atoms with E-state index in [-0.39, 0.29) is 35.6 Å². The smallest absolute Gasteiger partial charge is 0.248 e. The zero-order valence-corrected chi connectivity index (χ0v) is 20.8. The molecule has 1 amide bonds. The summed E-state index contributed by atoms with van der Waals surface area (Å²) in [5.74, 6) is 0.453. The van der Waals surface area contributed by atoms with Crippen LogP contribution in [0.25, 0.3) is 0 Å². The molecule has 0 saturated carbocycles. The lowest BCUT2D eigenvalue weighted by molar-refractivity contribution is -0.139. The Morgan fingerprint density at radius 3 is 2.38 bits per heavy atom. The van der Waals surface area contributed by atoms with Crippen LogP contribution in [0.4, 0.5) is 0 Å². The molecular formula is C22H34ClN3O5S. The van der Waals surface area contributed by atoms with E-state index in [9.17, 15) is 13.2 Å². The van der Waals surface area contributed by atoms with Gasteiger partial charge in [-0.25, -0.2) is 8.42 Å². The van der Waals surface area contributed by atoms with Gasteiger partial charge in [0.05, 0.1) is 18.7 Å². The van der Waals surface area contributed by atoms with E-state index in [0.717, 1.165) is 39.0 Å². The van der Waals surface area contributed by atoms with Crippen molar-refractivity contribution in [3.8, 4) is 5.75 Å². The predicted octanol–water partition coefficient (Wildman–Crippen LogP) is 2.32. The number of ether oxygens (including phenoxy) is 2. The summed E-state index contributed by atoms with van der Waals surface area (Å²) in [6, 6.07) is 4.44. The van der Waals surface area contributed by atoms with Crippen molar-refractivity contribution in [3.05, 3.63) is 23.2 Å². The molecule has 32 heavy (non-hydrogen) atoms. The fraction of sp³-hybridized carbons (Fsp3) is 0.682. The van der Waals surface area contributed by atoms with Crippen LogP contribution in [0, 0.1) is 5.41 Å². The van der Waals surface area contributed by atoms with Crippen molar-refractivity contribution in [1.29, 1.82) is 0 Å². The van der Waals surface area contributed by atoms with Gasteiger partial charge in [0.25, 0.3) is 0 Å². The van der Waals surface area contributed by atoms with Gasteiger partial charge in [-0.2, -0.15) is 4.31 Å². The van der Waals surface area contributed by atoms with E-state index < -0.39 is 10.0 Å². The van der Waals surface area contributed by atoms with Crippen molar-refractivity contribution >= 4 is 27.5 Å². The van der Waals surface area contributed by atoms with Crippen molar-refractivity contribution < 1.29 is 22.7 Å². The third-order valence-electron chi connectivity index (χ3n) is 6.83. The number of piperidine rings is 2. The van der Waals surface area contributed by atoms with E-state index in [1.165, 1.54) is 43.4 Å². The van der Waals surface area contributed by atoms with Gasteiger partial charge in [0.15, 0.2) is 0 Å². The quantitative estimate of drug-likeness (QED) is 0.523. The number of nitrogens with zero attached hydrogens (tertiary/aromatic N) is 3. The molecule has 2 aliphatic rings. The van der Waals surface area contributed by atoms with Gasteiger partial charge in [0.1, 0.15) is 17.3 Å². The second-order valence-electron chi connectivity index (χ2n) is 8.86. The summed E-state index contributed by atoms with van der Waals surface area (Å²) in [6.45, 7) is 4.03. The zero-order valence-electron chi connectivity index (χ0n) is 19.2. The Labute approximate surface area is 196 Å². The number of halogens is 1. The van der Waals surface area contributed by atoms with E-state index in [1.54, 1.807) is 6.07 Å². The highest BCUT2D eigenvalue weighted by Crippen LogP contribution is 2.40. The largest absolute Gasteiger partial charge is 0.497 e. The highest BCUT2D eigenvalue weighted by Gasteiger charge is 2.37. The van der Waals surface area contributed by atoms with Gasteiger partial charge in [-0.05, 0) is 63.4 Å². The number of amides is 1. The molecule has 180 valence electrons. The first-order valence-corrected chi connectivity index (χ1v) is 12.8. The first-order chi connectivity index (χ1) is 15.2. The molecule has 0 aromatic heterocycles. The Kier molecular flexibility index (Phi) is 8.43. The SMILES string of the molecule is COc1ccc(S(=O)(=O)N(C)CCOCC(=O)N2CCC3(CCN(C)CC3)CC2)c(Cl)c1. The molecule has 0 N–H and O–H groups in total. The number of methoxy groups -OCH3 is 1. The standard InChI is InChI=1S/C22H34ClN3O5S/c1-24-10-6-22(7-11-24)8-12-26(13-9-22)21(27)17-31-15-14-25(2)32(28,29)20-5-4-18(30-3)16-19(20)23/h4-5,16H,6-15,17H2,1-3H3. The fourth-order valence-corrected chi connectivity index (χ4v) is 6.03. The number of benzene rings is 1. The minimum atomic E-state index is -3.77. The Morgan fingerprint density at radius 2 is 1.78 bits per heavy atom. The summed E-state index contributed by atoms with van der Waals surface area (Å²) in [7, 11) is 1.35. The lowest BCUT2D eigenvalue weighted by atomic mass is 9.71. The Balaban J connectivity index is 1.41. The van der Waals surface area contributed by atoms with Gasteiger partial charge in [-0.3, -0.25) is 4.79 Å². The Bertz CT molecular complexity index is 893.